The minimum atomic E-state index is -0.979. The molecule has 0 unspecified atom stereocenters. The van der Waals surface area contributed by atoms with E-state index in [1.54, 1.807) is 18.3 Å². The van der Waals surface area contributed by atoms with Crippen LogP contribution in [0.25, 0.3) is 21.9 Å². The molecule has 3 heterocycles. The minimum Gasteiger partial charge on any atom is -0.385 e. The number of imidazole rings is 1. The normalized spacial score (nSPS) is 25.6. The van der Waals surface area contributed by atoms with E-state index in [4.69, 9.17) is 23.2 Å². The zero-order chi connectivity index (χ0) is 21.3. The molecule has 2 fully saturated rings. The molecule has 0 radical (unpaired) electrons. The van der Waals surface area contributed by atoms with E-state index >= 15 is 0 Å². The van der Waals surface area contributed by atoms with Crippen molar-refractivity contribution in [2.75, 3.05) is 13.1 Å². The molecule has 2 aliphatic rings. The maximum atomic E-state index is 13.1. The predicted molar refractivity (Wildman–Crippen MR) is 118 cm³/mol. The molecule has 31 heavy (non-hydrogen) atoms. The second-order valence-electron chi connectivity index (χ2n) is 8.70. The van der Waals surface area contributed by atoms with Gasteiger partial charge in [0.25, 0.3) is 5.91 Å². The second kappa shape index (κ2) is 6.69. The van der Waals surface area contributed by atoms with Crippen LogP contribution in [-0.4, -0.2) is 49.2 Å². The van der Waals surface area contributed by atoms with Crippen LogP contribution in [0.1, 0.15) is 29.0 Å². The van der Waals surface area contributed by atoms with E-state index in [1.807, 2.05) is 23.1 Å². The Balaban J connectivity index is 1.24. The number of amides is 1. The highest BCUT2D eigenvalue weighted by molar-refractivity contribution is 6.31. The Hall–Kier alpha value is -2.61. The van der Waals surface area contributed by atoms with Gasteiger partial charge in [-0.1, -0.05) is 23.2 Å². The Kier molecular flexibility index (Phi) is 4.12. The van der Waals surface area contributed by atoms with E-state index in [2.05, 4.69) is 20.2 Å². The van der Waals surface area contributed by atoms with Crippen molar-refractivity contribution in [3.8, 4) is 0 Å². The summed E-state index contributed by atoms with van der Waals surface area (Å²) in [6, 6.07) is 8.98. The van der Waals surface area contributed by atoms with Gasteiger partial charge in [0.1, 0.15) is 0 Å². The molecule has 2 aromatic heterocycles. The number of hydrogen-bond donors (Lipinski definition) is 3. The number of H-pyrrole nitrogens is 2. The van der Waals surface area contributed by atoms with Gasteiger partial charge in [0, 0.05) is 28.5 Å². The van der Waals surface area contributed by atoms with Gasteiger partial charge in [-0.3, -0.25) is 9.89 Å². The molecule has 3 atom stereocenters. The Bertz CT molecular complexity index is 1330. The monoisotopic (exact) mass is 455 g/mol. The Morgan fingerprint density at radius 1 is 1.10 bits per heavy atom. The van der Waals surface area contributed by atoms with Gasteiger partial charge in [0.2, 0.25) is 0 Å². The highest BCUT2D eigenvalue weighted by atomic mass is 35.5. The van der Waals surface area contributed by atoms with E-state index in [0.717, 1.165) is 22.0 Å². The average molecular weight is 456 g/mol. The number of halogens is 2. The summed E-state index contributed by atoms with van der Waals surface area (Å²) in [7, 11) is 0. The summed E-state index contributed by atoms with van der Waals surface area (Å²) in [5.74, 6) is 0.634. The van der Waals surface area contributed by atoms with Gasteiger partial charge in [-0.25, -0.2) is 4.98 Å². The van der Waals surface area contributed by atoms with Crippen LogP contribution in [-0.2, 0) is 5.60 Å². The first kappa shape index (κ1) is 19.1. The number of carbonyl (C=O) groups excluding carboxylic acids is 1. The number of fused-ring (bicyclic) bond motifs is 3. The summed E-state index contributed by atoms with van der Waals surface area (Å²) in [4.78, 5) is 22.4. The zero-order valence-electron chi connectivity index (χ0n) is 16.4. The molecule has 1 aliphatic heterocycles. The number of nitrogens with zero attached hydrogens (tertiary/aromatic N) is 3. The van der Waals surface area contributed by atoms with Crippen LogP contribution in [0.5, 0.6) is 0 Å². The molecule has 158 valence electrons. The lowest BCUT2D eigenvalue weighted by molar-refractivity contribution is 0.0317. The van der Waals surface area contributed by atoms with Crippen LogP contribution in [0, 0.1) is 11.8 Å². The molecule has 1 saturated heterocycles. The molecule has 7 nitrogen and oxygen atoms in total. The summed E-state index contributed by atoms with van der Waals surface area (Å²) in [6.45, 7) is 1.19. The van der Waals surface area contributed by atoms with E-state index in [9.17, 15) is 9.90 Å². The maximum absolute atomic E-state index is 13.1. The lowest BCUT2D eigenvalue weighted by Gasteiger charge is -2.27. The zero-order valence-corrected chi connectivity index (χ0v) is 17.9. The van der Waals surface area contributed by atoms with Crippen LogP contribution in [0.3, 0.4) is 0 Å². The van der Waals surface area contributed by atoms with Gasteiger partial charge in [0.05, 0.1) is 28.3 Å². The fraction of sp³-hybridized carbons (Fsp3) is 0.318. The Morgan fingerprint density at radius 2 is 1.87 bits per heavy atom. The van der Waals surface area contributed by atoms with E-state index in [1.165, 1.54) is 0 Å². The van der Waals surface area contributed by atoms with Crippen molar-refractivity contribution in [2.24, 2.45) is 11.8 Å². The van der Waals surface area contributed by atoms with Crippen molar-refractivity contribution in [3.05, 3.63) is 58.0 Å². The van der Waals surface area contributed by atoms with E-state index < -0.39 is 5.60 Å². The molecular weight excluding hydrogens is 437 g/mol. The van der Waals surface area contributed by atoms with Gasteiger partial charge in [-0.15, -0.1) is 0 Å². The van der Waals surface area contributed by atoms with Crippen molar-refractivity contribution in [1.82, 2.24) is 25.1 Å². The van der Waals surface area contributed by atoms with Gasteiger partial charge in [0.15, 0.2) is 5.82 Å². The first-order chi connectivity index (χ1) is 14.9. The molecular formula is C22H19Cl2N5O2. The first-order valence-electron chi connectivity index (χ1n) is 10.2. The molecule has 1 aliphatic carbocycles. The Morgan fingerprint density at radius 3 is 2.65 bits per heavy atom. The standard InChI is InChI=1S/C22H19Cl2N5O2/c23-13-1-2-17-19(4-13)27-20(26-17)21(30)29-9-11-6-22(31,7-12(11)10-29)16-3-14(24)5-18-15(16)8-25-28-18/h1-5,8,11-12,31H,6-7,9-10H2,(H,25,28)(H,26,27)/t11-,12+,22-. The van der Waals surface area contributed by atoms with Gasteiger partial charge < -0.3 is 15.0 Å². The van der Waals surface area contributed by atoms with Crippen molar-refractivity contribution in [3.63, 3.8) is 0 Å². The molecule has 0 bridgehead atoms. The van der Waals surface area contributed by atoms with Crippen LogP contribution < -0.4 is 0 Å². The van der Waals surface area contributed by atoms with Crippen molar-refractivity contribution >= 4 is 51.0 Å². The highest BCUT2D eigenvalue weighted by Crippen LogP contribution is 2.50. The molecule has 9 heteroatoms. The summed E-state index contributed by atoms with van der Waals surface area (Å²) in [6.07, 6.45) is 2.90. The quantitative estimate of drug-likeness (QED) is 0.423. The highest BCUT2D eigenvalue weighted by Gasteiger charge is 2.50. The number of aliphatic hydroxyl groups is 1. The average Bonchev–Trinajstić information content (AvgIpc) is 3.47. The summed E-state index contributed by atoms with van der Waals surface area (Å²) >= 11 is 12.3. The Labute approximate surface area is 187 Å². The fourth-order valence-corrected chi connectivity index (χ4v) is 5.75. The topological polar surface area (TPSA) is 97.9 Å². The molecule has 0 spiro atoms. The summed E-state index contributed by atoms with van der Waals surface area (Å²) in [5.41, 5.74) is 2.11. The number of aromatic amines is 2. The lowest BCUT2D eigenvalue weighted by atomic mass is 9.88. The van der Waals surface area contributed by atoms with Crippen molar-refractivity contribution < 1.29 is 9.90 Å². The number of likely N-dealkylation sites (tertiary alicyclic amines) is 1. The van der Waals surface area contributed by atoms with Crippen molar-refractivity contribution in [2.45, 2.75) is 18.4 Å². The number of hydrogen-bond acceptors (Lipinski definition) is 4. The molecule has 2 aromatic carbocycles. The van der Waals surface area contributed by atoms with Crippen LogP contribution >= 0.6 is 23.2 Å². The van der Waals surface area contributed by atoms with Crippen LogP contribution in [0.15, 0.2) is 36.5 Å². The number of nitrogens with one attached hydrogen (secondary N) is 2. The molecule has 4 aromatic rings. The summed E-state index contributed by atoms with van der Waals surface area (Å²) in [5, 5.41) is 20.6. The van der Waals surface area contributed by atoms with Gasteiger partial charge in [-0.05, 0) is 60.6 Å². The number of aromatic nitrogens is 4. The number of carbonyl (C=O) groups is 1. The maximum Gasteiger partial charge on any atom is 0.289 e. The SMILES string of the molecule is O=C(c1nc2cc(Cl)ccc2[nH]1)N1C[C@@H]2C[C@@](O)(c3cc(Cl)cc4[nH]ncc34)C[C@@H]2C1. The van der Waals surface area contributed by atoms with Crippen LogP contribution in [0.2, 0.25) is 10.0 Å². The largest absolute Gasteiger partial charge is 0.385 e. The number of benzene rings is 2. The van der Waals surface area contributed by atoms with E-state index in [0.29, 0.717) is 47.3 Å². The van der Waals surface area contributed by atoms with Crippen LogP contribution in [0.4, 0.5) is 0 Å². The van der Waals surface area contributed by atoms with Gasteiger partial charge in [-0.2, -0.15) is 5.10 Å². The molecule has 1 saturated carbocycles. The predicted octanol–water partition coefficient (Wildman–Crippen LogP) is 4.12. The molecule has 3 N–H and O–H groups in total. The van der Waals surface area contributed by atoms with Crippen molar-refractivity contribution in [1.29, 1.82) is 0 Å². The van der Waals surface area contributed by atoms with Gasteiger partial charge >= 0.3 is 0 Å². The fourth-order valence-electron chi connectivity index (χ4n) is 5.37. The smallest absolute Gasteiger partial charge is 0.289 e. The molecule has 6 rings (SSSR count). The molecule has 1 amide bonds. The second-order valence-corrected chi connectivity index (χ2v) is 9.57. The van der Waals surface area contributed by atoms with E-state index in [-0.39, 0.29) is 17.7 Å². The lowest BCUT2D eigenvalue weighted by Crippen LogP contribution is -2.33. The first-order valence-corrected chi connectivity index (χ1v) is 11.0. The third-order valence-electron chi connectivity index (χ3n) is 6.74. The third kappa shape index (κ3) is 3.03. The summed E-state index contributed by atoms with van der Waals surface area (Å²) < 4.78 is 0. The minimum absolute atomic E-state index is 0.120. The third-order valence-corrected chi connectivity index (χ3v) is 7.19. The number of rotatable bonds is 2.